The van der Waals surface area contributed by atoms with E-state index in [9.17, 15) is 13.2 Å². The number of likely N-dealkylation sites (tertiary alicyclic amines) is 1. The highest BCUT2D eigenvalue weighted by atomic mass is 32.2. The van der Waals surface area contributed by atoms with Gasteiger partial charge in [0.05, 0.1) is 7.11 Å². The van der Waals surface area contributed by atoms with Crippen molar-refractivity contribution in [2.45, 2.75) is 31.1 Å². The molecule has 1 aromatic rings. The molecule has 1 atom stereocenters. The Bertz CT molecular complexity index is 721. The number of rotatable bonds is 8. The van der Waals surface area contributed by atoms with Crippen molar-refractivity contribution in [1.29, 1.82) is 0 Å². The highest BCUT2D eigenvalue weighted by molar-refractivity contribution is 7.89. The zero-order valence-corrected chi connectivity index (χ0v) is 16.6. The minimum Gasteiger partial charge on any atom is -0.495 e. The smallest absolute Gasteiger partial charge is 0.251 e. The molecule has 1 fully saturated rings. The molecule has 1 saturated heterocycles. The third-order valence-corrected chi connectivity index (χ3v) is 6.10. The summed E-state index contributed by atoms with van der Waals surface area (Å²) in [6.07, 6.45) is 3.40. The van der Waals surface area contributed by atoms with Crippen molar-refractivity contribution < 1.29 is 17.9 Å². The first-order valence-electron chi connectivity index (χ1n) is 8.99. The van der Waals surface area contributed by atoms with Gasteiger partial charge in [-0.25, -0.2) is 13.1 Å². The molecule has 7 nitrogen and oxygen atoms in total. The number of hydrogen-bond donors (Lipinski definition) is 2. The average Bonchev–Trinajstić information content (AvgIpc) is 2.64. The number of carbonyl (C=O) groups excluding carboxylic acids is 1. The standard InChI is InChI=1S/C18H29N3O4S/c1-14-6-4-10-21(13-14)11-5-9-20-18(22)15-7-8-16(25-3)17(12-15)26(23,24)19-2/h7-8,12,14,19H,4-6,9-11,13H2,1-3H3,(H,20,22). The third kappa shape index (κ3) is 5.43. The van der Waals surface area contributed by atoms with E-state index in [1.165, 1.54) is 39.1 Å². The number of benzene rings is 1. The minimum atomic E-state index is -3.70. The van der Waals surface area contributed by atoms with Crippen LogP contribution in [0.1, 0.15) is 36.5 Å². The predicted molar refractivity (Wildman–Crippen MR) is 101 cm³/mol. The van der Waals surface area contributed by atoms with E-state index in [1.807, 2.05) is 0 Å². The third-order valence-electron chi connectivity index (χ3n) is 4.66. The first-order chi connectivity index (χ1) is 12.4. The van der Waals surface area contributed by atoms with Gasteiger partial charge in [-0.1, -0.05) is 6.92 Å². The van der Waals surface area contributed by atoms with Gasteiger partial charge in [0.2, 0.25) is 10.0 Å². The molecule has 0 bridgehead atoms. The summed E-state index contributed by atoms with van der Waals surface area (Å²) in [7, 11) is -0.987. The van der Waals surface area contributed by atoms with Crippen molar-refractivity contribution in [2.24, 2.45) is 5.92 Å². The van der Waals surface area contributed by atoms with Crippen molar-refractivity contribution in [1.82, 2.24) is 14.9 Å². The topological polar surface area (TPSA) is 87.7 Å². The van der Waals surface area contributed by atoms with Gasteiger partial charge >= 0.3 is 0 Å². The largest absolute Gasteiger partial charge is 0.495 e. The highest BCUT2D eigenvalue weighted by Gasteiger charge is 2.20. The molecule has 146 valence electrons. The lowest BCUT2D eigenvalue weighted by atomic mass is 10.0. The molecule has 8 heteroatoms. The van der Waals surface area contributed by atoms with Gasteiger partial charge in [0.15, 0.2) is 0 Å². The van der Waals surface area contributed by atoms with Crippen LogP contribution >= 0.6 is 0 Å². The predicted octanol–water partition coefficient (Wildman–Crippen LogP) is 1.46. The quantitative estimate of drug-likeness (QED) is 0.664. The number of carbonyl (C=O) groups is 1. The van der Waals surface area contributed by atoms with Gasteiger partial charge in [-0.15, -0.1) is 0 Å². The SMILES string of the molecule is CNS(=O)(=O)c1cc(C(=O)NCCCN2CCCC(C)C2)ccc1OC. The Morgan fingerprint density at radius 2 is 2.15 bits per heavy atom. The number of nitrogens with one attached hydrogen (secondary N) is 2. The number of methoxy groups -OCH3 is 1. The monoisotopic (exact) mass is 383 g/mol. The number of ether oxygens (including phenoxy) is 1. The Morgan fingerprint density at radius 3 is 2.81 bits per heavy atom. The molecule has 1 amide bonds. The van der Waals surface area contributed by atoms with E-state index in [2.05, 4.69) is 21.9 Å². The van der Waals surface area contributed by atoms with E-state index in [0.717, 1.165) is 32.0 Å². The van der Waals surface area contributed by atoms with Crippen LogP contribution in [0.3, 0.4) is 0 Å². The molecule has 0 radical (unpaired) electrons. The number of amides is 1. The van der Waals surface area contributed by atoms with E-state index in [1.54, 1.807) is 6.07 Å². The van der Waals surface area contributed by atoms with Crippen LogP contribution in [-0.4, -0.2) is 59.6 Å². The van der Waals surface area contributed by atoms with Gasteiger partial charge in [-0.3, -0.25) is 4.79 Å². The molecule has 2 rings (SSSR count). The fourth-order valence-electron chi connectivity index (χ4n) is 3.23. The normalized spacial score (nSPS) is 18.5. The Labute approximate surface area is 156 Å². The van der Waals surface area contributed by atoms with E-state index >= 15 is 0 Å². The second-order valence-electron chi connectivity index (χ2n) is 6.73. The maximum absolute atomic E-state index is 12.3. The molecule has 0 aromatic heterocycles. The van der Waals surface area contributed by atoms with Crippen molar-refractivity contribution in [3.8, 4) is 5.75 Å². The molecule has 0 spiro atoms. The van der Waals surface area contributed by atoms with Crippen LogP contribution in [0.25, 0.3) is 0 Å². The Kier molecular flexibility index (Phi) is 7.43. The van der Waals surface area contributed by atoms with E-state index in [4.69, 9.17) is 4.74 Å². The number of piperidine rings is 1. The zero-order chi connectivity index (χ0) is 19.2. The molecule has 1 aromatic carbocycles. The summed E-state index contributed by atoms with van der Waals surface area (Å²) >= 11 is 0. The molecule has 1 heterocycles. The number of sulfonamides is 1. The van der Waals surface area contributed by atoms with Gasteiger partial charge in [-0.2, -0.15) is 0 Å². The summed E-state index contributed by atoms with van der Waals surface area (Å²) in [5.41, 5.74) is 0.297. The lowest BCUT2D eigenvalue weighted by molar-refractivity contribution is 0.0950. The zero-order valence-electron chi connectivity index (χ0n) is 15.7. The molecular weight excluding hydrogens is 354 g/mol. The second kappa shape index (κ2) is 9.34. The van der Waals surface area contributed by atoms with Crippen LogP contribution in [0.15, 0.2) is 23.1 Å². The molecular formula is C18H29N3O4S. The first kappa shape index (κ1) is 20.7. The van der Waals surface area contributed by atoms with E-state index < -0.39 is 10.0 Å². The maximum atomic E-state index is 12.3. The summed E-state index contributed by atoms with van der Waals surface area (Å²) in [6.45, 7) is 6.05. The molecule has 1 aliphatic heterocycles. The highest BCUT2D eigenvalue weighted by Crippen LogP contribution is 2.24. The van der Waals surface area contributed by atoms with E-state index in [0.29, 0.717) is 12.1 Å². The molecule has 1 unspecified atom stereocenters. The van der Waals surface area contributed by atoms with Crippen LogP contribution in [0.4, 0.5) is 0 Å². The van der Waals surface area contributed by atoms with Crippen molar-refractivity contribution in [3.63, 3.8) is 0 Å². The van der Waals surface area contributed by atoms with Crippen molar-refractivity contribution in [2.75, 3.05) is 40.3 Å². The lowest BCUT2D eigenvalue weighted by Gasteiger charge is -2.30. The first-order valence-corrected chi connectivity index (χ1v) is 10.5. The Morgan fingerprint density at radius 1 is 1.38 bits per heavy atom. The van der Waals surface area contributed by atoms with Crippen LogP contribution < -0.4 is 14.8 Å². The number of hydrogen-bond acceptors (Lipinski definition) is 5. The second-order valence-corrected chi connectivity index (χ2v) is 8.59. The van der Waals surface area contributed by atoms with Crippen LogP contribution in [-0.2, 0) is 10.0 Å². The van der Waals surface area contributed by atoms with Gasteiger partial charge in [0.25, 0.3) is 5.91 Å². The molecule has 1 aliphatic rings. The van der Waals surface area contributed by atoms with E-state index in [-0.39, 0.29) is 16.6 Å². The van der Waals surface area contributed by atoms with Gasteiger partial charge < -0.3 is 15.0 Å². The Balaban J connectivity index is 1.92. The summed E-state index contributed by atoms with van der Waals surface area (Å²) in [5, 5.41) is 2.86. The summed E-state index contributed by atoms with van der Waals surface area (Å²) < 4.78 is 31.5. The van der Waals surface area contributed by atoms with Gasteiger partial charge in [-0.05, 0) is 63.5 Å². The summed E-state index contributed by atoms with van der Waals surface area (Å²) in [5.74, 6) is 0.660. The Hall–Kier alpha value is -1.64. The average molecular weight is 384 g/mol. The lowest BCUT2D eigenvalue weighted by Crippen LogP contribution is -2.36. The molecule has 2 N–H and O–H groups in total. The van der Waals surface area contributed by atoms with Crippen LogP contribution in [0.5, 0.6) is 5.75 Å². The fourth-order valence-corrected chi connectivity index (χ4v) is 4.15. The number of nitrogens with zero attached hydrogens (tertiary/aromatic N) is 1. The molecule has 0 aliphatic carbocycles. The summed E-state index contributed by atoms with van der Waals surface area (Å²) in [6, 6.07) is 4.40. The van der Waals surface area contributed by atoms with Crippen molar-refractivity contribution >= 4 is 15.9 Å². The van der Waals surface area contributed by atoms with Gasteiger partial charge in [0.1, 0.15) is 10.6 Å². The van der Waals surface area contributed by atoms with Crippen LogP contribution in [0, 0.1) is 5.92 Å². The van der Waals surface area contributed by atoms with Crippen LogP contribution in [0.2, 0.25) is 0 Å². The minimum absolute atomic E-state index is 0.0440. The fraction of sp³-hybridized carbons (Fsp3) is 0.611. The molecule has 26 heavy (non-hydrogen) atoms. The van der Waals surface area contributed by atoms with Crippen molar-refractivity contribution in [3.05, 3.63) is 23.8 Å². The molecule has 0 saturated carbocycles. The maximum Gasteiger partial charge on any atom is 0.251 e. The summed E-state index contributed by atoms with van der Waals surface area (Å²) in [4.78, 5) is 14.7. The van der Waals surface area contributed by atoms with Gasteiger partial charge in [0, 0.05) is 18.7 Å².